The number of aromatic nitrogens is 1. The Morgan fingerprint density at radius 3 is 3.06 bits per heavy atom. The van der Waals surface area contributed by atoms with Gasteiger partial charge >= 0.3 is 0 Å². The molecule has 2 heterocycles. The van der Waals surface area contributed by atoms with E-state index in [9.17, 15) is 4.79 Å². The number of benzene rings is 1. The lowest BCUT2D eigenvalue weighted by atomic mass is 10.1. The van der Waals surface area contributed by atoms with Crippen molar-refractivity contribution in [2.75, 3.05) is 18.0 Å². The molecule has 0 spiro atoms. The van der Waals surface area contributed by atoms with Crippen LogP contribution in [0.4, 0.5) is 5.69 Å². The second-order valence-electron chi connectivity index (χ2n) is 4.56. The third-order valence-corrected chi connectivity index (χ3v) is 3.39. The highest BCUT2D eigenvalue weighted by atomic mass is 16.2. The highest BCUT2D eigenvalue weighted by Gasteiger charge is 2.29. The Kier molecular flexibility index (Phi) is 2.37. The van der Waals surface area contributed by atoms with Gasteiger partial charge in [-0.15, -0.1) is 0 Å². The second-order valence-corrected chi connectivity index (χ2v) is 4.56. The fraction of sp³-hybridized carbons (Fsp3) is 0.308. The van der Waals surface area contributed by atoms with Gasteiger partial charge in [-0.2, -0.15) is 0 Å². The van der Waals surface area contributed by atoms with E-state index in [2.05, 4.69) is 4.98 Å². The van der Waals surface area contributed by atoms with Gasteiger partial charge in [-0.25, -0.2) is 0 Å². The molecule has 17 heavy (non-hydrogen) atoms. The summed E-state index contributed by atoms with van der Waals surface area (Å²) in [5.74, 6) is 0.466. The molecule has 1 amide bonds. The summed E-state index contributed by atoms with van der Waals surface area (Å²) in [6.45, 7) is 1.31. The van der Waals surface area contributed by atoms with Crippen molar-refractivity contribution in [1.29, 1.82) is 0 Å². The summed E-state index contributed by atoms with van der Waals surface area (Å²) in [4.78, 5) is 16.9. The average Bonchev–Trinajstić information content (AvgIpc) is 2.93. The van der Waals surface area contributed by atoms with Gasteiger partial charge in [-0.3, -0.25) is 4.79 Å². The van der Waals surface area contributed by atoms with E-state index in [1.165, 1.54) is 0 Å². The predicted octanol–water partition coefficient (Wildman–Crippen LogP) is 1.48. The van der Waals surface area contributed by atoms with Crippen LogP contribution in [0, 0.1) is 5.92 Å². The first-order valence-electron chi connectivity index (χ1n) is 5.85. The van der Waals surface area contributed by atoms with Gasteiger partial charge in [0.25, 0.3) is 0 Å². The molecule has 1 aromatic heterocycles. The Morgan fingerprint density at radius 2 is 2.29 bits per heavy atom. The number of hydrogen-bond acceptors (Lipinski definition) is 2. The van der Waals surface area contributed by atoms with Crippen molar-refractivity contribution in [3.8, 4) is 0 Å². The van der Waals surface area contributed by atoms with E-state index in [0.29, 0.717) is 18.9 Å². The van der Waals surface area contributed by atoms with Gasteiger partial charge in [0.05, 0.1) is 0 Å². The molecule has 1 unspecified atom stereocenters. The quantitative estimate of drug-likeness (QED) is 0.819. The molecule has 0 aliphatic carbocycles. The van der Waals surface area contributed by atoms with E-state index in [1.807, 2.05) is 35.4 Å². The fourth-order valence-corrected chi connectivity index (χ4v) is 2.39. The molecule has 1 fully saturated rings. The lowest BCUT2D eigenvalue weighted by Crippen LogP contribution is -2.25. The Bertz CT molecular complexity index is 561. The molecule has 0 radical (unpaired) electrons. The molecule has 1 aliphatic rings. The minimum absolute atomic E-state index is 0.173. The number of carbonyl (C=O) groups is 1. The predicted molar refractivity (Wildman–Crippen MR) is 67.8 cm³/mol. The molecular weight excluding hydrogens is 214 g/mol. The van der Waals surface area contributed by atoms with Gasteiger partial charge < -0.3 is 15.6 Å². The normalized spacial score (nSPS) is 20.4. The zero-order valence-corrected chi connectivity index (χ0v) is 9.52. The largest absolute Gasteiger partial charge is 0.361 e. The molecular formula is C13H15N3O. The van der Waals surface area contributed by atoms with Gasteiger partial charge in [0.2, 0.25) is 5.91 Å². The number of anilines is 1. The van der Waals surface area contributed by atoms with Crippen LogP contribution in [-0.4, -0.2) is 24.0 Å². The molecule has 0 bridgehead atoms. The van der Waals surface area contributed by atoms with Gasteiger partial charge in [0, 0.05) is 30.4 Å². The van der Waals surface area contributed by atoms with Gasteiger partial charge in [0.1, 0.15) is 0 Å². The van der Waals surface area contributed by atoms with Crippen molar-refractivity contribution in [3.63, 3.8) is 0 Å². The van der Waals surface area contributed by atoms with E-state index in [0.717, 1.165) is 23.1 Å². The van der Waals surface area contributed by atoms with Crippen LogP contribution in [0.15, 0.2) is 30.5 Å². The Hall–Kier alpha value is -1.81. The maximum absolute atomic E-state index is 11.9. The molecule has 88 valence electrons. The monoisotopic (exact) mass is 229 g/mol. The molecule has 4 heteroatoms. The highest BCUT2D eigenvalue weighted by Crippen LogP contribution is 2.27. The van der Waals surface area contributed by atoms with Crippen LogP contribution in [0.5, 0.6) is 0 Å². The summed E-state index contributed by atoms with van der Waals surface area (Å²) in [7, 11) is 0. The maximum Gasteiger partial charge on any atom is 0.227 e. The first kappa shape index (κ1) is 10.4. The zero-order valence-electron chi connectivity index (χ0n) is 9.52. The average molecular weight is 229 g/mol. The SMILES string of the molecule is NCC1CC(=O)N(c2ccc3cc[nH]c3c2)C1. The number of fused-ring (bicyclic) bond motifs is 1. The molecule has 1 aliphatic heterocycles. The van der Waals surface area contributed by atoms with Gasteiger partial charge in [-0.05, 0) is 36.0 Å². The Labute approximate surface area is 99.4 Å². The van der Waals surface area contributed by atoms with Crippen molar-refractivity contribution < 1.29 is 4.79 Å². The smallest absolute Gasteiger partial charge is 0.227 e. The number of hydrogen-bond donors (Lipinski definition) is 2. The molecule has 1 atom stereocenters. The lowest BCUT2D eigenvalue weighted by Gasteiger charge is -2.16. The number of aromatic amines is 1. The number of nitrogens with zero attached hydrogens (tertiary/aromatic N) is 1. The number of carbonyl (C=O) groups excluding carboxylic acids is 1. The zero-order chi connectivity index (χ0) is 11.8. The minimum atomic E-state index is 0.173. The summed E-state index contributed by atoms with van der Waals surface area (Å²) < 4.78 is 0. The standard InChI is InChI=1S/C13H15N3O/c14-7-9-5-13(17)16(8-9)11-2-1-10-3-4-15-12(10)6-11/h1-4,6,9,15H,5,7-8,14H2. The van der Waals surface area contributed by atoms with E-state index in [4.69, 9.17) is 5.73 Å². The van der Waals surface area contributed by atoms with Crippen LogP contribution in [0.3, 0.4) is 0 Å². The van der Waals surface area contributed by atoms with E-state index < -0.39 is 0 Å². The van der Waals surface area contributed by atoms with Crippen LogP contribution in [0.1, 0.15) is 6.42 Å². The summed E-state index contributed by atoms with van der Waals surface area (Å²) in [6.07, 6.45) is 2.47. The number of rotatable bonds is 2. The second kappa shape index (κ2) is 3.89. The summed E-state index contributed by atoms with van der Waals surface area (Å²) in [6, 6.07) is 8.07. The number of nitrogens with two attached hydrogens (primary N) is 1. The van der Waals surface area contributed by atoms with E-state index in [-0.39, 0.29) is 5.91 Å². The van der Waals surface area contributed by atoms with Gasteiger partial charge in [0.15, 0.2) is 0 Å². The molecule has 1 saturated heterocycles. The first-order valence-corrected chi connectivity index (χ1v) is 5.85. The fourth-order valence-electron chi connectivity index (χ4n) is 2.39. The van der Waals surface area contributed by atoms with E-state index >= 15 is 0 Å². The summed E-state index contributed by atoms with van der Waals surface area (Å²) in [5.41, 5.74) is 7.65. The van der Waals surface area contributed by atoms with Crippen molar-refractivity contribution in [2.45, 2.75) is 6.42 Å². The van der Waals surface area contributed by atoms with Gasteiger partial charge in [-0.1, -0.05) is 6.07 Å². The maximum atomic E-state index is 11.9. The van der Waals surface area contributed by atoms with Crippen LogP contribution >= 0.6 is 0 Å². The number of nitrogens with one attached hydrogen (secondary N) is 1. The van der Waals surface area contributed by atoms with Crippen LogP contribution in [-0.2, 0) is 4.79 Å². The first-order chi connectivity index (χ1) is 8.28. The van der Waals surface area contributed by atoms with Crippen molar-refractivity contribution in [1.82, 2.24) is 4.98 Å². The molecule has 3 N–H and O–H groups in total. The third kappa shape index (κ3) is 1.70. The highest BCUT2D eigenvalue weighted by molar-refractivity contribution is 5.97. The third-order valence-electron chi connectivity index (χ3n) is 3.39. The van der Waals surface area contributed by atoms with Crippen molar-refractivity contribution in [2.24, 2.45) is 11.7 Å². The number of H-pyrrole nitrogens is 1. The van der Waals surface area contributed by atoms with Crippen molar-refractivity contribution in [3.05, 3.63) is 30.5 Å². The Balaban J connectivity index is 1.95. The molecule has 3 rings (SSSR count). The Morgan fingerprint density at radius 1 is 1.41 bits per heavy atom. The number of amides is 1. The van der Waals surface area contributed by atoms with Crippen LogP contribution in [0.25, 0.3) is 10.9 Å². The van der Waals surface area contributed by atoms with Crippen LogP contribution in [0.2, 0.25) is 0 Å². The lowest BCUT2D eigenvalue weighted by molar-refractivity contribution is -0.117. The molecule has 0 saturated carbocycles. The molecule has 2 aromatic rings. The molecule has 4 nitrogen and oxygen atoms in total. The van der Waals surface area contributed by atoms with Crippen molar-refractivity contribution >= 4 is 22.5 Å². The minimum Gasteiger partial charge on any atom is -0.361 e. The van der Waals surface area contributed by atoms with E-state index in [1.54, 1.807) is 0 Å². The topological polar surface area (TPSA) is 62.1 Å². The van der Waals surface area contributed by atoms with Crippen LogP contribution < -0.4 is 10.6 Å². The summed E-state index contributed by atoms with van der Waals surface area (Å²) in [5, 5.41) is 1.16. The summed E-state index contributed by atoms with van der Waals surface area (Å²) >= 11 is 0. The molecule has 1 aromatic carbocycles.